The number of carboxylic acids is 1. The van der Waals surface area contributed by atoms with Crippen molar-refractivity contribution in [3.63, 3.8) is 0 Å². The summed E-state index contributed by atoms with van der Waals surface area (Å²) in [5, 5.41) is 9.93. The SMILES string of the molecule is C=CC(CC(=O)N(OC)C(C)CC(=O)O)c1ccccc1. The first-order valence-electron chi connectivity index (χ1n) is 6.75. The standard InChI is InChI=1S/C16H21NO4/c1-4-13(14-8-6-5-7-9-14)11-15(18)17(21-3)12(2)10-16(19)20/h4-9,12-13H,1,10-11H2,2-3H3,(H,19,20). The minimum atomic E-state index is -0.972. The van der Waals surface area contributed by atoms with Crippen LogP contribution in [0.1, 0.15) is 31.2 Å². The number of aliphatic carboxylic acids is 1. The molecular formula is C16H21NO4. The third kappa shape index (κ3) is 5.04. The van der Waals surface area contributed by atoms with E-state index in [-0.39, 0.29) is 24.7 Å². The highest BCUT2D eigenvalue weighted by Crippen LogP contribution is 2.22. The maximum atomic E-state index is 12.3. The second-order valence-corrected chi connectivity index (χ2v) is 4.81. The van der Waals surface area contributed by atoms with Crippen molar-refractivity contribution in [1.82, 2.24) is 5.06 Å². The molecule has 0 bridgehead atoms. The molecule has 0 saturated heterocycles. The predicted octanol–water partition coefficient (Wildman–Crippen LogP) is 2.60. The van der Waals surface area contributed by atoms with Gasteiger partial charge in [-0.3, -0.25) is 14.4 Å². The molecule has 1 aromatic carbocycles. The van der Waals surface area contributed by atoms with Crippen molar-refractivity contribution in [1.29, 1.82) is 0 Å². The van der Waals surface area contributed by atoms with Crippen molar-refractivity contribution in [2.24, 2.45) is 0 Å². The van der Waals surface area contributed by atoms with Crippen molar-refractivity contribution in [3.8, 4) is 0 Å². The second-order valence-electron chi connectivity index (χ2n) is 4.81. The number of hydrogen-bond acceptors (Lipinski definition) is 3. The van der Waals surface area contributed by atoms with Crippen molar-refractivity contribution in [2.75, 3.05) is 7.11 Å². The number of benzene rings is 1. The Balaban J connectivity index is 2.76. The van der Waals surface area contributed by atoms with E-state index in [9.17, 15) is 9.59 Å². The van der Waals surface area contributed by atoms with Crippen LogP contribution in [0, 0.1) is 0 Å². The highest BCUT2D eigenvalue weighted by Gasteiger charge is 2.24. The summed E-state index contributed by atoms with van der Waals surface area (Å²) in [7, 11) is 1.36. The van der Waals surface area contributed by atoms with E-state index in [0.717, 1.165) is 10.6 Å². The Morgan fingerprint density at radius 1 is 1.33 bits per heavy atom. The summed E-state index contributed by atoms with van der Waals surface area (Å²) in [5.74, 6) is -1.37. The van der Waals surface area contributed by atoms with E-state index in [0.29, 0.717) is 0 Å². The molecule has 2 atom stereocenters. The summed E-state index contributed by atoms with van der Waals surface area (Å²) >= 11 is 0. The summed E-state index contributed by atoms with van der Waals surface area (Å²) in [6.45, 7) is 5.40. The van der Waals surface area contributed by atoms with Gasteiger partial charge in [-0.15, -0.1) is 6.58 Å². The molecule has 0 aliphatic heterocycles. The maximum Gasteiger partial charge on any atom is 0.305 e. The molecular weight excluding hydrogens is 270 g/mol. The summed E-state index contributed by atoms with van der Waals surface area (Å²) in [6, 6.07) is 9.03. The van der Waals surface area contributed by atoms with Crippen molar-refractivity contribution < 1.29 is 19.5 Å². The number of hydroxylamine groups is 2. The fourth-order valence-corrected chi connectivity index (χ4v) is 2.18. The minimum absolute atomic E-state index is 0.131. The van der Waals surface area contributed by atoms with Crippen LogP contribution in [0.3, 0.4) is 0 Å². The topological polar surface area (TPSA) is 66.8 Å². The number of allylic oxidation sites excluding steroid dienone is 1. The van der Waals surface area contributed by atoms with Crippen LogP contribution in [0.25, 0.3) is 0 Å². The van der Waals surface area contributed by atoms with Crippen LogP contribution in [0.5, 0.6) is 0 Å². The lowest BCUT2D eigenvalue weighted by atomic mass is 9.95. The van der Waals surface area contributed by atoms with E-state index in [2.05, 4.69) is 6.58 Å². The number of nitrogens with zero attached hydrogens (tertiary/aromatic N) is 1. The zero-order valence-electron chi connectivity index (χ0n) is 12.4. The Morgan fingerprint density at radius 2 is 1.95 bits per heavy atom. The summed E-state index contributed by atoms with van der Waals surface area (Å²) in [4.78, 5) is 28.1. The Kier molecular flexibility index (Phi) is 6.62. The lowest BCUT2D eigenvalue weighted by Gasteiger charge is -2.26. The third-order valence-electron chi connectivity index (χ3n) is 3.22. The fourth-order valence-electron chi connectivity index (χ4n) is 2.18. The van der Waals surface area contributed by atoms with E-state index in [4.69, 9.17) is 9.94 Å². The third-order valence-corrected chi connectivity index (χ3v) is 3.22. The highest BCUT2D eigenvalue weighted by molar-refractivity contribution is 5.77. The smallest absolute Gasteiger partial charge is 0.305 e. The van der Waals surface area contributed by atoms with Crippen molar-refractivity contribution >= 4 is 11.9 Å². The summed E-state index contributed by atoms with van der Waals surface area (Å²) in [5.41, 5.74) is 0.989. The number of carbonyl (C=O) groups excluding carboxylic acids is 1. The summed E-state index contributed by atoms with van der Waals surface area (Å²) < 4.78 is 0. The molecule has 0 radical (unpaired) electrons. The molecule has 5 heteroatoms. The lowest BCUT2D eigenvalue weighted by Crippen LogP contribution is -2.39. The van der Waals surface area contributed by atoms with Crippen LogP contribution in [0.2, 0.25) is 0 Å². The molecule has 0 saturated carbocycles. The van der Waals surface area contributed by atoms with E-state index in [1.54, 1.807) is 13.0 Å². The minimum Gasteiger partial charge on any atom is -0.481 e. The highest BCUT2D eigenvalue weighted by atomic mass is 16.7. The van der Waals surface area contributed by atoms with Crippen LogP contribution < -0.4 is 0 Å². The monoisotopic (exact) mass is 291 g/mol. The van der Waals surface area contributed by atoms with Gasteiger partial charge < -0.3 is 5.11 Å². The molecule has 0 aromatic heterocycles. The maximum absolute atomic E-state index is 12.3. The average molecular weight is 291 g/mol. The van der Waals surface area contributed by atoms with E-state index in [1.807, 2.05) is 30.3 Å². The molecule has 2 unspecified atom stereocenters. The van der Waals surface area contributed by atoms with Gasteiger partial charge in [0.2, 0.25) is 5.91 Å². The van der Waals surface area contributed by atoms with Crippen LogP contribution >= 0.6 is 0 Å². The summed E-state index contributed by atoms with van der Waals surface area (Å²) in [6.07, 6.45) is 1.73. The molecule has 0 spiro atoms. The molecule has 0 heterocycles. The number of rotatable bonds is 8. The van der Waals surface area contributed by atoms with Gasteiger partial charge in [-0.1, -0.05) is 36.4 Å². The molecule has 1 aromatic rings. The first kappa shape index (κ1) is 16.9. The molecule has 114 valence electrons. The lowest BCUT2D eigenvalue weighted by molar-refractivity contribution is -0.189. The van der Waals surface area contributed by atoms with Gasteiger partial charge in [0, 0.05) is 12.3 Å². The Bertz CT molecular complexity index is 486. The molecule has 1 amide bonds. The number of carbonyl (C=O) groups is 2. The van der Waals surface area contributed by atoms with Gasteiger partial charge in [-0.25, -0.2) is 5.06 Å². The molecule has 0 fully saturated rings. The first-order valence-corrected chi connectivity index (χ1v) is 6.75. The molecule has 21 heavy (non-hydrogen) atoms. The normalized spacial score (nSPS) is 13.2. The van der Waals surface area contributed by atoms with E-state index in [1.165, 1.54) is 7.11 Å². The van der Waals surface area contributed by atoms with Gasteiger partial charge in [0.15, 0.2) is 0 Å². The average Bonchev–Trinajstić information content (AvgIpc) is 2.45. The molecule has 0 aliphatic rings. The largest absolute Gasteiger partial charge is 0.481 e. The van der Waals surface area contributed by atoms with Gasteiger partial charge in [-0.2, -0.15) is 0 Å². The van der Waals surface area contributed by atoms with Gasteiger partial charge >= 0.3 is 5.97 Å². The van der Waals surface area contributed by atoms with E-state index < -0.39 is 12.0 Å². The molecule has 5 nitrogen and oxygen atoms in total. The molecule has 0 aliphatic carbocycles. The zero-order valence-corrected chi connectivity index (χ0v) is 12.4. The zero-order chi connectivity index (χ0) is 15.8. The second kappa shape index (κ2) is 8.21. The quantitative estimate of drug-likeness (QED) is 0.590. The fraction of sp³-hybridized carbons (Fsp3) is 0.375. The Hall–Kier alpha value is -2.14. The Morgan fingerprint density at radius 3 is 2.43 bits per heavy atom. The van der Waals surface area contributed by atoms with E-state index >= 15 is 0 Å². The van der Waals surface area contributed by atoms with Crippen LogP contribution in [-0.2, 0) is 14.4 Å². The van der Waals surface area contributed by atoms with Gasteiger partial charge in [-0.05, 0) is 12.5 Å². The number of hydrogen-bond donors (Lipinski definition) is 1. The van der Waals surface area contributed by atoms with Crippen molar-refractivity contribution in [2.45, 2.75) is 31.7 Å². The molecule has 1 rings (SSSR count). The van der Waals surface area contributed by atoms with Crippen LogP contribution in [0.4, 0.5) is 0 Å². The van der Waals surface area contributed by atoms with Gasteiger partial charge in [0.05, 0.1) is 19.6 Å². The van der Waals surface area contributed by atoms with Crippen molar-refractivity contribution in [3.05, 3.63) is 48.6 Å². The molecule has 1 N–H and O–H groups in total. The van der Waals surface area contributed by atoms with Crippen LogP contribution in [0.15, 0.2) is 43.0 Å². The predicted molar refractivity (Wildman–Crippen MR) is 79.6 cm³/mol. The Labute approximate surface area is 124 Å². The van der Waals surface area contributed by atoms with Crippen LogP contribution in [-0.4, -0.2) is 35.2 Å². The van der Waals surface area contributed by atoms with Gasteiger partial charge in [0.1, 0.15) is 0 Å². The number of amides is 1. The number of carboxylic acid groups (broad SMARTS) is 1. The first-order chi connectivity index (χ1) is 9.99. The van der Waals surface area contributed by atoms with Gasteiger partial charge in [0.25, 0.3) is 0 Å².